The Kier molecular flexibility index (Phi) is 4.62. The van der Waals surface area contributed by atoms with Gasteiger partial charge in [0.1, 0.15) is 0 Å². The molecule has 0 aliphatic heterocycles. The van der Waals surface area contributed by atoms with Gasteiger partial charge in [0.15, 0.2) is 11.4 Å². The van der Waals surface area contributed by atoms with E-state index in [0.29, 0.717) is 5.69 Å². The van der Waals surface area contributed by atoms with E-state index >= 15 is 0 Å². The molecule has 2 heterocycles. The number of fused-ring (bicyclic) bond motifs is 1. The molecule has 2 rings (SSSR count). The summed E-state index contributed by atoms with van der Waals surface area (Å²) in [4.78, 5) is 15.9. The van der Waals surface area contributed by atoms with Crippen LogP contribution in [-0.4, -0.2) is 28.6 Å². The summed E-state index contributed by atoms with van der Waals surface area (Å²) in [5, 5.41) is 0.214. The molecule has 0 saturated heterocycles. The van der Waals surface area contributed by atoms with E-state index in [1.807, 2.05) is 0 Å². The third-order valence-corrected chi connectivity index (χ3v) is 3.01. The number of esters is 1. The van der Waals surface area contributed by atoms with Crippen molar-refractivity contribution in [3.8, 4) is 5.75 Å². The number of nitrogens with zero attached hydrogens (tertiary/aromatic N) is 2. The zero-order chi connectivity index (χ0) is 15.6. The van der Waals surface area contributed by atoms with Crippen LogP contribution in [0.15, 0.2) is 18.5 Å². The van der Waals surface area contributed by atoms with Crippen molar-refractivity contribution in [1.29, 1.82) is 0 Å². The Morgan fingerprint density at radius 1 is 1.48 bits per heavy atom. The Balaban J connectivity index is 2.43. The van der Waals surface area contributed by atoms with Gasteiger partial charge in [0.2, 0.25) is 0 Å². The zero-order valence-corrected chi connectivity index (χ0v) is 12.1. The van der Waals surface area contributed by atoms with Crippen molar-refractivity contribution < 1.29 is 23.0 Å². The fraction of sp³-hybridized carbons (Fsp3) is 0.385. The first-order valence-corrected chi connectivity index (χ1v) is 6.59. The summed E-state index contributed by atoms with van der Waals surface area (Å²) in [6, 6.07) is 1.24. The minimum Gasteiger partial charge on any atom is -0.465 e. The lowest BCUT2D eigenvalue weighted by molar-refractivity contribution is -0.144. The molecule has 0 radical (unpaired) electrons. The van der Waals surface area contributed by atoms with E-state index in [4.69, 9.17) is 16.3 Å². The third-order valence-electron chi connectivity index (χ3n) is 2.80. The van der Waals surface area contributed by atoms with Crippen LogP contribution in [-0.2, 0) is 9.53 Å². The van der Waals surface area contributed by atoms with Gasteiger partial charge in [-0.25, -0.2) is 4.98 Å². The molecule has 1 unspecified atom stereocenters. The monoisotopic (exact) mass is 318 g/mol. The highest BCUT2D eigenvalue weighted by atomic mass is 35.5. The molecular weight excluding hydrogens is 306 g/mol. The average molecular weight is 319 g/mol. The van der Waals surface area contributed by atoms with Crippen molar-refractivity contribution in [2.45, 2.75) is 26.4 Å². The average Bonchev–Trinajstić information content (AvgIpc) is 2.81. The number of hydrogen-bond acceptors (Lipinski definition) is 4. The van der Waals surface area contributed by atoms with Crippen molar-refractivity contribution in [2.75, 3.05) is 6.61 Å². The Labute approximate surface area is 124 Å². The van der Waals surface area contributed by atoms with E-state index in [-0.39, 0.29) is 23.0 Å². The summed E-state index contributed by atoms with van der Waals surface area (Å²) >= 11 is 5.84. The van der Waals surface area contributed by atoms with Crippen LogP contribution in [0.3, 0.4) is 0 Å². The lowest BCUT2D eigenvalue weighted by atomic mass is 10.1. The van der Waals surface area contributed by atoms with Gasteiger partial charge in [-0.1, -0.05) is 11.6 Å². The standard InChI is InChI=1S/C13H13ClF2N2O3/c1-3-20-12(19)7(2)9-6-18-5-8(14)4-10(11(18)17-9)21-13(15)16/h4-7,13H,3H2,1-2H3. The van der Waals surface area contributed by atoms with E-state index in [1.165, 1.54) is 22.9 Å². The molecule has 2 aromatic rings. The number of pyridine rings is 1. The summed E-state index contributed by atoms with van der Waals surface area (Å²) in [6.07, 6.45) is 3.02. The van der Waals surface area contributed by atoms with Gasteiger partial charge in [0, 0.05) is 18.5 Å². The van der Waals surface area contributed by atoms with Crippen molar-refractivity contribution in [2.24, 2.45) is 0 Å². The Morgan fingerprint density at radius 3 is 2.81 bits per heavy atom. The largest absolute Gasteiger partial charge is 0.465 e. The number of carbonyl (C=O) groups excluding carboxylic acids is 1. The number of imidazole rings is 1. The van der Waals surface area contributed by atoms with Gasteiger partial charge >= 0.3 is 12.6 Å². The molecule has 0 aromatic carbocycles. The number of carbonyl (C=O) groups is 1. The smallest absolute Gasteiger partial charge is 0.387 e. The van der Waals surface area contributed by atoms with Crippen LogP contribution < -0.4 is 4.74 Å². The molecule has 0 N–H and O–H groups in total. The predicted octanol–water partition coefficient (Wildman–Crippen LogP) is 3.26. The maximum Gasteiger partial charge on any atom is 0.387 e. The maximum atomic E-state index is 12.4. The summed E-state index contributed by atoms with van der Waals surface area (Å²) in [5.41, 5.74) is 0.542. The van der Waals surface area contributed by atoms with Crippen molar-refractivity contribution in [1.82, 2.24) is 9.38 Å². The Bertz CT molecular complexity index is 660. The number of halogens is 3. The summed E-state index contributed by atoms with van der Waals surface area (Å²) < 4.78 is 35.5. The minimum absolute atomic E-state index is 0.153. The lowest BCUT2D eigenvalue weighted by Crippen LogP contribution is -2.13. The van der Waals surface area contributed by atoms with Crippen LogP contribution in [0.25, 0.3) is 5.65 Å². The van der Waals surface area contributed by atoms with Crippen LogP contribution in [0.4, 0.5) is 8.78 Å². The zero-order valence-electron chi connectivity index (χ0n) is 11.3. The van der Waals surface area contributed by atoms with Crippen molar-refractivity contribution in [3.05, 3.63) is 29.2 Å². The fourth-order valence-electron chi connectivity index (χ4n) is 1.83. The molecular formula is C13H13ClF2N2O3. The molecule has 8 heteroatoms. The molecule has 0 aliphatic carbocycles. The SMILES string of the molecule is CCOC(=O)C(C)c1cn2cc(Cl)cc(OC(F)F)c2n1. The molecule has 2 aromatic heterocycles. The highest BCUT2D eigenvalue weighted by Crippen LogP contribution is 2.27. The molecule has 0 fully saturated rings. The Hall–Kier alpha value is -1.89. The van der Waals surface area contributed by atoms with Gasteiger partial charge < -0.3 is 13.9 Å². The van der Waals surface area contributed by atoms with Gasteiger partial charge in [-0.3, -0.25) is 4.79 Å². The van der Waals surface area contributed by atoms with Crippen LogP contribution in [0, 0.1) is 0 Å². The molecule has 0 amide bonds. The molecule has 0 spiro atoms. The lowest BCUT2D eigenvalue weighted by Gasteiger charge is -2.06. The molecule has 0 aliphatic rings. The van der Waals surface area contributed by atoms with E-state index in [0.717, 1.165) is 0 Å². The number of alkyl halides is 2. The van der Waals surface area contributed by atoms with Gasteiger partial charge in [-0.15, -0.1) is 0 Å². The van der Waals surface area contributed by atoms with E-state index in [9.17, 15) is 13.6 Å². The molecule has 1 atom stereocenters. The first-order chi connectivity index (χ1) is 9.92. The molecule has 114 valence electrons. The molecule has 21 heavy (non-hydrogen) atoms. The number of aromatic nitrogens is 2. The topological polar surface area (TPSA) is 52.8 Å². The van der Waals surface area contributed by atoms with Gasteiger partial charge in [0.05, 0.1) is 23.2 Å². The Morgan fingerprint density at radius 2 is 2.19 bits per heavy atom. The van der Waals surface area contributed by atoms with Gasteiger partial charge in [0.25, 0.3) is 0 Å². The molecule has 0 bridgehead atoms. The molecule has 5 nitrogen and oxygen atoms in total. The number of ether oxygens (including phenoxy) is 2. The minimum atomic E-state index is -2.99. The highest BCUT2D eigenvalue weighted by Gasteiger charge is 2.21. The normalized spacial score (nSPS) is 12.7. The number of rotatable bonds is 5. The fourth-order valence-corrected chi connectivity index (χ4v) is 2.04. The summed E-state index contributed by atoms with van der Waals surface area (Å²) in [7, 11) is 0. The second-order valence-electron chi connectivity index (χ2n) is 4.27. The van der Waals surface area contributed by atoms with Gasteiger partial charge in [-0.2, -0.15) is 8.78 Å². The first-order valence-electron chi connectivity index (χ1n) is 6.22. The van der Waals surface area contributed by atoms with Crippen LogP contribution >= 0.6 is 11.6 Å². The van der Waals surface area contributed by atoms with E-state index in [2.05, 4.69) is 9.72 Å². The van der Waals surface area contributed by atoms with E-state index < -0.39 is 18.5 Å². The quantitative estimate of drug-likeness (QED) is 0.794. The first kappa shape index (κ1) is 15.5. The van der Waals surface area contributed by atoms with Crippen LogP contribution in [0.5, 0.6) is 5.75 Å². The summed E-state index contributed by atoms with van der Waals surface area (Å²) in [5.74, 6) is -1.22. The summed E-state index contributed by atoms with van der Waals surface area (Å²) in [6.45, 7) is 0.578. The third kappa shape index (κ3) is 3.41. The molecule has 0 saturated carbocycles. The van der Waals surface area contributed by atoms with Crippen molar-refractivity contribution >= 4 is 23.2 Å². The van der Waals surface area contributed by atoms with Gasteiger partial charge in [-0.05, 0) is 13.8 Å². The van der Waals surface area contributed by atoms with E-state index in [1.54, 1.807) is 13.8 Å². The van der Waals surface area contributed by atoms with Crippen LogP contribution in [0.2, 0.25) is 5.02 Å². The second kappa shape index (κ2) is 6.26. The maximum absolute atomic E-state index is 12.4. The second-order valence-corrected chi connectivity index (χ2v) is 4.71. The van der Waals surface area contributed by atoms with Crippen molar-refractivity contribution in [3.63, 3.8) is 0 Å². The number of hydrogen-bond donors (Lipinski definition) is 0. The van der Waals surface area contributed by atoms with Crippen LogP contribution in [0.1, 0.15) is 25.5 Å². The highest BCUT2D eigenvalue weighted by molar-refractivity contribution is 6.30. The predicted molar refractivity (Wildman–Crippen MR) is 71.9 cm³/mol.